The fourth-order valence-corrected chi connectivity index (χ4v) is 3.84. The van der Waals surface area contributed by atoms with Crippen LogP contribution in [0.15, 0.2) is 54.6 Å². The van der Waals surface area contributed by atoms with Crippen molar-refractivity contribution in [3.05, 3.63) is 83.2 Å². The summed E-state index contributed by atoms with van der Waals surface area (Å²) in [7, 11) is 0. The molecule has 0 saturated heterocycles. The molecular weight excluding hydrogens is 523 g/mol. The zero-order valence-corrected chi connectivity index (χ0v) is 23.6. The fourth-order valence-electron chi connectivity index (χ4n) is 3.60. The SMILES string of the molecule is CCC/C=C(/C(C)=O)c1ccc(-c2c(F)ccc(NN(S)c3cccc(CO)c3)c2F)c(F)c1N.CCCC. The number of rotatable bonds is 10. The predicted octanol–water partition coefficient (Wildman–Crippen LogP) is 8.10. The Labute approximate surface area is 234 Å². The number of aliphatic hydroxyl groups is 1. The van der Waals surface area contributed by atoms with Gasteiger partial charge in [0.1, 0.15) is 5.82 Å². The Balaban J connectivity index is 0.00000124. The Kier molecular flexibility index (Phi) is 12.4. The van der Waals surface area contributed by atoms with Gasteiger partial charge in [-0.1, -0.05) is 70.4 Å². The molecule has 0 spiro atoms. The summed E-state index contributed by atoms with van der Waals surface area (Å²) in [5, 5.41) is 9.31. The van der Waals surface area contributed by atoms with E-state index in [-0.39, 0.29) is 40.5 Å². The quantitative estimate of drug-likeness (QED) is 0.0874. The largest absolute Gasteiger partial charge is 0.396 e. The Morgan fingerprint density at radius 2 is 1.72 bits per heavy atom. The number of halogens is 3. The molecule has 0 aliphatic rings. The van der Waals surface area contributed by atoms with E-state index < -0.39 is 23.0 Å². The van der Waals surface area contributed by atoms with Crippen molar-refractivity contribution in [1.82, 2.24) is 0 Å². The highest BCUT2D eigenvalue weighted by Crippen LogP contribution is 2.37. The first kappa shape index (κ1) is 31.8. The van der Waals surface area contributed by atoms with Gasteiger partial charge in [0.2, 0.25) is 0 Å². The van der Waals surface area contributed by atoms with Crippen molar-refractivity contribution < 1.29 is 23.1 Å². The molecule has 0 aliphatic heterocycles. The van der Waals surface area contributed by atoms with Gasteiger partial charge in [-0.3, -0.25) is 10.2 Å². The zero-order valence-electron chi connectivity index (χ0n) is 22.7. The lowest BCUT2D eigenvalue weighted by Gasteiger charge is -2.22. The number of nitrogens with one attached hydrogen (secondary N) is 1. The van der Waals surface area contributed by atoms with Gasteiger partial charge in [0.25, 0.3) is 0 Å². The van der Waals surface area contributed by atoms with Crippen LogP contribution in [0.1, 0.15) is 64.5 Å². The molecule has 210 valence electrons. The second-order valence-electron chi connectivity index (χ2n) is 8.89. The molecule has 4 N–H and O–H groups in total. The first-order valence-electron chi connectivity index (χ1n) is 12.8. The van der Waals surface area contributed by atoms with Gasteiger partial charge in [-0.15, -0.1) is 0 Å². The smallest absolute Gasteiger partial charge is 0.160 e. The van der Waals surface area contributed by atoms with Gasteiger partial charge in [0.05, 0.1) is 29.2 Å². The second kappa shape index (κ2) is 15.2. The second-order valence-corrected chi connectivity index (χ2v) is 9.29. The summed E-state index contributed by atoms with van der Waals surface area (Å²) in [6, 6.07) is 11.4. The van der Waals surface area contributed by atoms with Crippen LogP contribution >= 0.6 is 12.8 Å². The van der Waals surface area contributed by atoms with Gasteiger partial charge in [0, 0.05) is 16.7 Å². The molecule has 0 atom stereocenters. The molecule has 0 bridgehead atoms. The number of unbranched alkanes of at least 4 members (excludes halogenated alkanes) is 2. The molecule has 0 aromatic heterocycles. The van der Waals surface area contributed by atoms with Gasteiger partial charge in [-0.2, -0.15) is 0 Å². The van der Waals surface area contributed by atoms with Crippen LogP contribution < -0.4 is 15.6 Å². The number of allylic oxidation sites excluding steroid dienone is 2. The molecule has 0 fully saturated rings. The summed E-state index contributed by atoms with van der Waals surface area (Å²) in [6.45, 7) is 7.45. The van der Waals surface area contributed by atoms with Crippen LogP contribution in [-0.4, -0.2) is 10.9 Å². The number of hydrogen-bond donors (Lipinski definition) is 4. The van der Waals surface area contributed by atoms with Crippen LogP contribution in [-0.2, 0) is 11.4 Å². The van der Waals surface area contributed by atoms with Crippen molar-refractivity contribution in [2.24, 2.45) is 0 Å². The molecule has 39 heavy (non-hydrogen) atoms. The number of hydrogen-bond acceptors (Lipinski definition) is 6. The van der Waals surface area contributed by atoms with E-state index in [0.29, 0.717) is 17.7 Å². The monoisotopic (exact) mass is 559 g/mol. The minimum atomic E-state index is -1.05. The molecule has 0 saturated carbocycles. The minimum absolute atomic E-state index is 0.167. The molecular formula is C30H36F3N3O2S. The Morgan fingerprint density at radius 1 is 1.03 bits per heavy atom. The van der Waals surface area contributed by atoms with Crippen LogP contribution in [0.5, 0.6) is 0 Å². The maximum atomic E-state index is 15.4. The van der Waals surface area contributed by atoms with Gasteiger partial charge in [-0.05, 0) is 56.0 Å². The van der Waals surface area contributed by atoms with E-state index in [1.807, 2.05) is 6.92 Å². The highest BCUT2D eigenvalue weighted by Gasteiger charge is 2.23. The fraction of sp³-hybridized carbons (Fsp3) is 0.300. The predicted molar refractivity (Wildman–Crippen MR) is 158 cm³/mol. The normalized spacial score (nSPS) is 11.1. The topological polar surface area (TPSA) is 78.6 Å². The third-order valence-electron chi connectivity index (χ3n) is 5.91. The van der Waals surface area contributed by atoms with Crippen LogP contribution in [0.2, 0.25) is 0 Å². The van der Waals surface area contributed by atoms with E-state index >= 15 is 8.78 Å². The van der Waals surface area contributed by atoms with Crippen molar-refractivity contribution in [2.75, 3.05) is 15.6 Å². The number of ketones is 1. The van der Waals surface area contributed by atoms with Crippen molar-refractivity contribution in [2.45, 2.75) is 60.0 Å². The highest BCUT2D eigenvalue weighted by molar-refractivity contribution is 7.81. The Hall–Kier alpha value is -3.43. The van der Waals surface area contributed by atoms with Gasteiger partial charge >= 0.3 is 0 Å². The number of nitrogens with two attached hydrogens (primary N) is 1. The summed E-state index contributed by atoms with van der Waals surface area (Å²) in [6.07, 6.45) is 5.68. The molecule has 0 heterocycles. The summed E-state index contributed by atoms with van der Waals surface area (Å²) in [4.78, 5) is 12.1. The standard InChI is InChI=1S/C26H26F3N3O2S.C4H10/c1-3-4-8-18(15(2)34)19-9-10-20(24(28)26(19)30)23-21(27)11-12-22(25(23)29)31-32(35)17-7-5-6-16(13-17)14-33;1-3-4-2/h5-13,31,33,35H,3-4,14,30H2,1-2H3;3-4H2,1-2H3/b18-8-;. The van der Waals surface area contributed by atoms with Gasteiger partial charge in [-0.25, -0.2) is 17.6 Å². The van der Waals surface area contributed by atoms with E-state index in [1.165, 1.54) is 36.3 Å². The molecule has 5 nitrogen and oxygen atoms in total. The summed E-state index contributed by atoms with van der Waals surface area (Å²) < 4.78 is 46.7. The zero-order chi connectivity index (χ0) is 29.1. The third kappa shape index (κ3) is 8.03. The van der Waals surface area contributed by atoms with E-state index in [4.69, 9.17) is 5.73 Å². The number of carbonyl (C=O) groups is 1. The minimum Gasteiger partial charge on any atom is -0.396 e. The number of hydrazine groups is 1. The van der Waals surface area contributed by atoms with Gasteiger partial charge in [0.15, 0.2) is 17.4 Å². The number of aliphatic hydroxyl groups excluding tert-OH is 1. The molecule has 0 unspecified atom stereocenters. The summed E-state index contributed by atoms with van der Waals surface area (Å²) in [5.74, 6) is -3.36. The summed E-state index contributed by atoms with van der Waals surface area (Å²) in [5.41, 5.74) is 8.67. The molecule has 0 radical (unpaired) electrons. The first-order chi connectivity index (χ1) is 18.6. The highest BCUT2D eigenvalue weighted by atomic mass is 32.1. The number of benzene rings is 3. The number of carbonyl (C=O) groups excluding carboxylic acids is 1. The van der Waals surface area contributed by atoms with Gasteiger partial charge < -0.3 is 10.8 Å². The van der Waals surface area contributed by atoms with Crippen LogP contribution in [0.25, 0.3) is 16.7 Å². The number of nitrogens with zero attached hydrogens (tertiary/aromatic N) is 1. The van der Waals surface area contributed by atoms with Crippen LogP contribution in [0.4, 0.5) is 30.2 Å². The van der Waals surface area contributed by atoms with E-state index in [1.54, 1.807) is 30.3 Å². The number of thiol groups is 1. The molecule has 0 amide bonds. The molecule has 0 aliphatic carbocycles. The maximum Gasteiger partial charge on any atom is 0.160 e. The van der Waals surface area contributed by atoms with Crippen molar-refractivity contribution in [3.63, 3.8) is 0 Å². The maximum absolute atomic E-state index is 15.4. The van der Waals surface area contributed by atoms with E-state index in [9.17, 15) is 14.3 Å². The van der Waals surface area contributed by atoms with E-state index in [2.05, 4.69) is 32.1 Å². The Morgan fingerprint density at radius 3 is 2.31 bits per heavy atom. The van der Waals surface area contributed by atoms with Crippen molar-refractivity contribution in [3.8, 4) is 11.1 Å². The molecule has 9 heteroatoms. The lowest BCUT2D eigenvalue weighted by atomic mass is 9.94. The average Bonchev–Trinajstić information content (AvgIpc) is 2.93. The first-order valence-corrected chi connectivity index (χ1v) is 13.2. The number of Topliss-reactive ketones (excluding diaryl/α,β-unsaturated/α-hetero) is 1. The number of nitrogen functional groups attached to an aromatic ring is 1. The Bertz CT molecular complexity index is 1310. The van der Waals surface area contributed by atoms with Crippen molar-refractivity contribution in [1.29, 1.82) is 0 Å². The summed E-state index contributed by atoms with van der Waals surface area (Å²) >= 11 is 4.28. The average molecular weight is 560 g/mol. The number of anilines is 3. The van der Waals surface area contributed by atoms with E-state index in [0.717, 1.165) is 18.6 Å². The van der Waals surface area contributed by atoms with Crippen LogP contribution in [0, 0.1) is 17.5 Å². The third-order valence-corrected chi connectivity index (χ3v) is 6.24. The molecule has 3 aromatic carbocycles. The van der Waals surface area contributed by atoms with Crippen LogP contribution in [0.3, 0.4) is 0 Å². The lowest BCUT2D eigenvalue weighted by molar-refractivity contribution is -0.111. The molecule has 3 aromatic rings. The van der Waals surface area contributed by atoms with Crippen molar-refractivity contribution >= 4 is 41.2 Å². The molecule has 3 rings (SSSR count). The lowest BCUT2D eigenvalue weighted by Crippen LogP contribution is -2.20.